The number of hydrogen-bond donors (Lipinski definition) is 0. The Morgan fingerprint density at radius 1 is 1.11 bits per heavy atom. The molecule has 0 aliphatic heterocycles. The molecule has 0 aliphatic carbocycles. The molecule has 0 aliphatic rings. The molecule has 18 heavy (non-hydrogen) atoms. The first-order valence-electron chi connectivity index (χ1n) is 6.35. The van der Waals surface area contributed by atoms with Crippen LogP contribution in [0, 0.1) is 0 Å². The first-order valence-corrected chi connectivity index (χ1v) is 7.68. The predicted octanol–water partition coefficient (Wildman–Crippen LogP) is 4.17. The topological polar surface area (TPSA) is 12.5 Å². The number of rotatable bonds is 9. The molecule has 0 atom stereocenters. The molecule has 0 unspecified atom stereocenters. The van der Waals surface area contributed by atoms with Crippen molar-refractivity contribution in [1.82, 2.24) is 4.90 Å². The Kier molecular flexibility index (Phi) is 8.47. The van der Waals surface area contributed by atoms with Gasteiger partial charge in [0.15, 0.2) is 0 Å². The third-order valence-electron chi connectivity index (χ3n) is 2.73. The average molecular weight is 335 g/mol. The van der Waals surface area contributed by atoms with Gasteiger partial charge in [-0.3, -0.25) is 0 Å². The number of ether oxygens (including phenoxy) is 1. The molecule has 1 aromatic rings. The average Bonchev–Trinajstić information content (AvgIpc) is 2.37. The second-order valence-corrected chi connectivity index (χ2v) is 5.65. The largest absolute Gasteiger partial charge is 0.492 e. The van der Waals surface area contributed by atoms with E-state index in [-0.39, 0.29) is 0 Å². The van der Waals surface area contributed by atoms with Crippen molar-refractivity contribution in [3.05, 3.63) is 28.7 Å². The Labute approximate surface area is 123 Å². The van der Waals surface area contributed by atoms with Crippen LogP contribution in [0.25, 0.3) is 0 Å². The molecule has 0 fully saturated rings. The van der Waals surface area contributed by atoms with E-state index in [9.17, 15) is 0 Å². The maximum Gasteiger partial charge on any atom is 0.119 e. The van der Waals surface area contributed by atoms with Gasteiger partial charge in [-0.05, 0) is 50.7 Å². The van der Waals surface area contributed by atoms with E-state index in [2.05, 4.69) is 27.9 Å². The van der Waals surface area contributed by atoms with Gasteiger partial charge in [0, 0.05) is 16.9 Å². The third-order valence-corrected chi connectivity index (χ3v) is 3.52. The number of alkyl halides is 1. The smallest absolute Gasteiger partial charge is 0.119 e. The van der Waals surface area contributed by atoms with Gasteiger partial charge < -0.3 is 9.64 Å². The summed E-state index contributed by atoms with van der Waals surface area (Å²) in [6, 6.07) is 7.94. The lowest BCUT2D eigenvalue weighted by molar-refractivity contribution is 0.235. The van der Waals surface area contributed by atoms with Crippen LogP contribution in [0.15, 0.2) is 28.7 Å². The van der Waals surface area contributed by atoms with Gasteiger partial charge in [0.05, 0.1) is 0 Å². The molecule has 0 saturated heterocycles. The van der Waals surface area contributed by atoms with E-state index in [0.29, 0.717) is 0 Å². The van der Waals surface area contributed by atoms with E-state index in [1.54, 1.807) is 0 Å². The maximum atomic E-state index is 5.68. The van der Waals surface area contributed by atoms with Gasteiger partial charge in [0.25, 0.3) is 0 Å². The fourth-order valence-electron chi connectivity index (χ4n) is 1.61. The van der Waals surface area contributed by atoms with Crippen molar-refractivity contribution in [1.29, 1.82) is 0 Å². The van der Waals surface area contributed by atoms with Crippen molar-refractivity contribution < 1.29 is 4.74 Å². The van der Waals surface area contributed by atoms with Gasteiger partial charge in [-0.15, -0.1) is 11.6 Å². The Morgan fingerprint density at radius 3 is 2.50 bits per heavy atom. The van der Waals surface area contributed by atoms with Crippen LogP contribution >= 0.6 is 27.5 Å². The van der Waals surface area contributed by atoms with Crippen molar-refractivity contribution in [2.24, 2.45) is 0 Å². The standard InChI is InChI=1S/C14H21BrClNO/c1-17(10-4-2-3-9-16)11-12-18-14-7-5-13(15)6-8-14/h5-8H,2-4,9-12H2,1H3. The molecule has 4 heteroatoms. The maximum absolute atomic E-state index is 5.68. The normalized spacial score (nSPS) is 10.9. The van der Waals surface area contributed by atoms with Crippen LogP contribution in [0.2, 0.25) is 0 Å². The van der Waals surface area contributed by atoms with Crippen molar-refractivity contribution in [3.63, 3.8) is 0 Å². The zero-order chi connectivity index (χ0) is 13.2. The highest BCUT2D eigenvalue weighted by Gasteiger charge is 1.99. The van der Waals surface area contributed by atoms with Gasteiger partial charge in [-0.1, -0.05) is 22.4 Å². The minimum absolute atomic E-state index is 0.730. The molecule has 0 saturated carbocycles. The Hall–Kier alpha value is -0.250. The molecular weight excluding hydrogens is 314 g/mol. The summed E-state index contributed by atoms with van der Waals surface area (Å²) in [4.78, 5) is 2.30. The van der Waals surface area contributed by atoms with E-state index in [1.807, 2.05) is 24.3 Å². The minimum atomic E-state index is 0.730. The fraction of sp³-hybridized carbons (Fsp3) is 0.571. The zero-order valence-electron chi connectivity index (χ0n) is 10.9. The lowest BCUT2D eigenvalue weighted by Gasteiger charge is -2.16. The number of nitrogens with zero attached hydrogens (tertiary/aromatic N) is 1. The van der Waals surface area contributed by atoms with Gasteiger partial charge in [-0.25, -0.2) is 0 Å². The van der Waals surface area contributed by atoms with Crippen molar-refractivity contribution in [3.8, 4) is 5.75 Å². The molecule has 0 amide bonds. The summed E-state index contributed by atoms with van der Waals surface area (Å²) < 4.78 is 6.75. The Bertz CT molecular complexity index is 318. The molecule has 102 valence electrons. The lowest BCUT2D eigenvalue weighted by atomic mass is 10.2. The van der Waals surface area contributed by atoms with Gasteiger partial charge in [0.2, 0.25) is 0 Å². The van der Waals surface area contributed by atoms with E-state index in [4.69, 9.17) is 16.3 Å². The van der Waals surface area contributed by atoms with Gasteiger partial charge in [-0.2, -0.15) is 0 Å². The van der Waals surface area contributed by atoms with Gasteiger partial charge >= 0.3 is 0 Å². The predicted molar refractivity (Wildman–Crippen MR) is 81.7 cm³/mol. The molecule has 0 N–H and O–H groups in total. The number of unbranched alkanes of at least 4 members (excludes halogenated alkanes) is 2. The molecular formula is C14H21BrClNO. The van der Waals surface area contributed by atoms with Crippen LogP contribution < -0.4 is 4.74 Å². The first kappa shape index (κ1) is 15.8. The second kappa shape index (κ2) is 9.65. The summed E-state index contributed by atoms with van der Waals surface area (Å²) in [5.41, 5.74) is 0. The Morgan fingerprint density at radius 2 is 1.83 bits per heavy atom. The summed E-state index contributed by atoms with van der Waals surface area (Å²) in [7, 11) is 2.13. The van der Waals surface area contributed by atoms with Crippen LogP contribution in [-0.4, -0.2) is 37.5 Å². The summed E-state index contributed by atoms with van der Waals surface area (Å²) in [5.74, 6) is 1.70. The highest BCUT2D eigenvalue weighted by molar-refractivity contribution is 9.10. The minimum Gasteiger partial charge on any atom is -0.492 e. The van der Waals surface area contributed by atoms with Crippen LogP contribution in [0.1, 0.15) is 19.3 Å². The highest BCUT2D eigenvalue weighted by Crippen LogP contribution is 2.15. The van der Waals surface area contributed by atoms with Crippen LogP contribution in [0.3, 0.4) is 0 Å². The molecule has 0 spiro atoms. The monoisotopic (exact) mass is 333 g/mol. The molecule has 0 bridgehead atoms. The number of hydrogen-bond acceptors (Lipinski definition) is 2. The third kappa shape index (κ3) is 7.24. The molecule has 1 aromatic carbocycles. The summed E-state index contributed by atoms with van der Waals surface area (Å²) >= 11 is 9.05. The number of benzene rings is 1. The fourth-order valence-corrected chi connectivity index (χ4v) is 2.07. The molecule has 0 heterocycles. The van der Waals surface area contributed by atoms with E-state index < -0.39 is 0 Å². The molecule has 1 rings (SSSR count). The van der Waals surface area contributed by atoms with Crippen LogP contribution in [-0.2, 0) is 0 Å². The number of halogens is 2. The van der Waals surface area contributed by atoms with E-state index >= 15 is 0 Å². The SMILES string of the molecule is CN(CCCCCCl)CCOc1ccc(Br)cc1. The van der Waals surface area contributed by atoms with Crippen molar-refractivity contribution in [2.45, 2.75) is 19.3 Å². The van der Waals surface area contributed by atoms with E-state index in [1.165, 1.54) is 12.8 Å². The second-order valence-electron chi connectivity index (χ2n) is 4.36. The molecule has 0 radical (unpaired) electrons. The quantitative estimate of drug-likeness (QED) is 0.496. The molecule has 2 nitrogen and oxygen atoms in total. The van der Waals surface area contributed by atoms with Crippen LogP contribution in [0.4, 0.5) is 0 Å². The van der Waals surface area contributed by atoms with E-state index in [0.717, 1.165) is 42.2 Å². The number of likely N-dealkylation sites (N-methyl/N-ethyl adjacent to an activating group) is 1. The summed E-state index contributed by atoms with van der Waals surface area (Å²) in [6.45, 7) is 2.80. The first-order chi connectivity index (χ1) is 8.72. The lowest BCUT2D eigenvalue weighted by Crippen LogP contribution is -2.25. The van der Waals surface area contributed by atoms with Crippen LogP contribution in [0.5, 0.6) is 5.75 Å². The highest BCUT2D eigenvalue weighted by atomic mass is 79.9. The van der Waals surface area contributed by atoms with Crippen molar-refractivity contribution >= 4 is 27.5 Å². The van der Waals surface area contributed by atoms with Crippen molar-refractivity contribution in [2.75, 3.05) is 32.6 Å². The molecule has 0 aromatic heterocycles. The zero-order valence-corrected chi connectivity index (χ0v) is 13.2. The van der Waals surface area contributed by atoms with Gasteiger partial charge in [0.1, 0.15) is 12.4 Å². The summed E-state index contributed by atoms with van der Waals surface area (Å²) in [5, 5.41) is 0. The Balaban J connectivity index is 2.07. The summed E-state index contributed by atoms with van der Waals surface area (Å²) in [6.07, 6.45) is 3.54.